The number of nitrogens with one attached hydrogen (secondary N) is 1. The van der Waals surface area contributed by atoms with Gasteiger partial charge in [0, 0.05) is 12.0 Å². The highest BCUT2D eigenvalue weighted by Gasteiger charge is 2.35. The standard InChI is InChI=1S/C12H13NO4/c1-12(6-13-11(16)17-7-12)9-5-3-2-4-8(9)10(14)15/h2-5H,6-7H2,1H3,(H,13,16)(H,14,15). The van der Waals surface area contributed by atoms with E-state index in [1.165, 1.54) is 0 Å². The Labute approximate surface area is 98.4 Å². The van der Waals surface area contributed by atoms with Gasteiger partial charge in [-0.05, 0) is 11.6 Å². The molecular formula is C12H13NO4. The van der Waals surface area contributed by atoms with Crippen LogP contribution in [-0.4, -0.2) is 30.3 Å². The van der Waals surface area contributed by atoms with Gasteiger partial charge >= 0.3 is 12.1 Å². The van der Waals surface area contributed by atoms with E-state index in [0.717, 1.165) is 0 Å². The molecule has 1 atom stereocenters. The van der Waals surface area contributed by atoms with Crippen molar-refractivity contribution in [1.29, 1.82) is 0 Å². The van der Waals surface area contributed by atoms with E-state index < -0.39 is 17.5 Å². The average Bonchev–Trinajstić information content (AvgIpc) is 2.33. The van der Waals surface area contributed by atoms with Gasteiger partial charge in [-0.15, -0.1) is 0 Å². The summed E-state index contributed by atoms with van der Waals surface area (Å²) < 4.78 is 4.94. The molecule has 0 spiro atoms. The van der Waals surface area contributed by atoms with E-state index in [0.29, 0.717) is 12.1 Å². The van der Waals surface area contributed by atoms with E-state index in [2.05, 4.69) is 5.32 Å². The van der Waals surface area contributed by atoms with Gasteiger partial charge in [-0.1, -0.05) is 25.1 Å². The first-order chi connectivity index (χ1) is 8.03. The van der Waals surface area contributed by atoms with Gasteiger partial charge in [0.05, 0.1) is 5.56 Å². The van der Waals surface area contributed by atoms with Crippen LogP contribution in [0.4, 0.5) is 4.79 Å². The third-order valence-corrected chi connectivity index (χ3v) is 2.95. The number of carbonyl (C=O) groups excluding carboxylic acids is 1. The van der Waals surface area contributed by atoms with Gasteiger partial charge in [-0.3, -0.25) is 0 Å². The zero-order chi connectivity index (χ0) is 12.5. The maximum Gasteiger partial charge on any atom is 0.407 e. The predicted octanol–water partition coefficient (Wildman–Crippen LogP) is 1.38. The Bertz CT molecular complexity index is 459. The summed E-state index contributed by atoms with van der Waals surface area (Å²) in [6.07, 6.45) is -0.463. The zero-order valence-electron chi connectivity index (χ0n) is 9.40. The lowest BCUT2D eigenvalue weighted by molar-refractivity contribution is 0.0687. The van der Waals surface area contributed by atoms with Crippen molar-refractivity contribution in [2.24, 2.45) is 0 Å². The molecule has 1 aliphatic rings. The van der Waals surface area contributed by atoms with E-state index in [1.54, 1.807) is 24.3 Å². The maximum atomic E-state index is 11.1. The van der Waals surface area contributed by atoms with Gasteiger partial charge in [0.1, 0.15) is 6.61 Å². The highest BCUT2D eigenvalue weighted by molar-refractivity contribution is 5.90. The Kier molecular flexibility index (Phi) is 2.75. The van der Waals surface area contributed by atoms with Crippen molar-refractivity contribution in [3.8, 4) is 0 Å². The number of carboxylic acid groups (broad SMARTS) is 1. The fourth-order valence-corrected chi connectivity index (χ4v) is 1.96. The number of carbonyl (C=O) groups is 2. The normalized spacial score (nSPS) is 23.7. The van der Waals surface area contributed by atoms with Gasteiger partial charge in [0.15, 0.2) is 0 Å². The Morgan fingerprint density at radius 2 is 2.18 bits per heavy atom. The molecular weight excluding hydrogens is 222 g/mol. The third kappa shape index (κ3) is 2.08. The molecule has 1 amide bonds. The van der Waals surface area contributed by atoms with Gasteiger partial charge in [0.2, 0.25) is 0 Å². The van der Waals surface area contributed by atoms with Gasteiger partial charge in [0.25, 0.3) is 0 Å². The molecule has 1 aromatic rings. The minimum Gasteiger partial charge on any atom is -0.478 e. The number of aromatic carboxylic acids is 1. The third-order valence-electron chi connectivity index (χ3n) is 2.95. The molecule has 0 aromatic heterocycles. The Hall–Kier alpha value is -2.04. The first-order valence-electron chi connectivity index (χ1n) is 5.26. The number of alkyl carbamates (subject to hydrolysis) is 1. The molecule has 0 radical (unpaired) electrons. The number of ether oxygens (including phenoxy) is 1. The molecule has 0 bridgehead atoms. The van der Waals surface area contributed by atoms with Crippen LogP contribution in [0.15, 0.2) is 24.3 Å². The van der Waals surface area contributed by atoms with Crippen LogP contribution in [0.2, 0.25) is 0 Å². The van der Waals surface area contributed by atoms with E-state index in [9.17, 15) is 9.59 Å². The lowest BCUT2D eigenvalue weighted by atomic mass is 9.80. The highest BCUT2D eigenvalue weighted by atomic mass is 16.6. The summed E-state index contributed by atoms with van der Waals surface area (Å²) in [5.74, 6) is -0.973. The maximum absolute atomic E-state index is 11.1. The van der Waals surface area contributed by atoms with E-state index in [4.69, 9.17) is 9.84 Å². The summed E-state index contributed by atoms with van der Waals surface area (Å²) in [5, 5.41) is 11.7. The van der Waals surface area contributed by atoms with Crippen LogP contribution in [0, 0.1) is 0 Å². The van der Waals surface area contributed by atoms with Crippen molar-refractivity contribution in [3.05, 3.63) is 35.4 Å². The summed E-state index contributed by atoms with van der Waals surface area (Å²) in [5.41, 5.74) is 0.408. The highest BCUT2D eigenvalue weighted by Crippen LogP contribution is 2.28. The Morgan fingerprint density at radius 3 is 2.76 bits per heavy atom. The van der Waals surface area contributed by atoms with Crippen LogP contribution >= 0.6 is 0 Å². The van der Waals surface area contributed by atoms with Crippen LogP contribution in [0.3, 0.4) is 0 Å². The largest absolute Gasteiger partial charge is 0.478 e. The van der Waals surface area contributed by atoms with E-state index in [1.807, 2.05) is 6.92 Å². The van der Waals surface area contributed by atoms with Crippen LogP contribution in [0.1, 0.15) is 22.8 Å². The predicted molar refractivity (Wildman–Crippen MR) is 60.1 cm³/mol. The second kappa shape index (κ2) is 4.08. The van der Waals surface area contributed by atoms with Crippen molar-refractivity contribution in [3.63, 3.8) is 0 Å². The van der Waals surface area contributed by atoms with Crippen LogP contribution in [-0.2, 0) is 10.2 Å². The zero-order valence-corrected chi connectivity index (χ0v) is 9.40. The van der Waals surface area contributed by atoms with Crippen molar-refractivity contribution >= 4 is 12.1 Å². The summed E-state index contributed by atoms with van der Waals surface area (Å²) in [7, 11) is 0. The number of carboxylic acids is 1. The average molecular weight is 235 g/mol. The van der Waals surface area contributed by atoms with Crippen molar-refractivity contribution in [1.82, 2.24) is 5.32 Å². The molecule has 1 fully saturated rings. The quantitative estimate of drug-likeness (QED) is 0.812. The lowest BCUT2D eigenvalue weighted by Crippen LogP contribution is -2.49. The molecule has 2 N–H and O–H groups in total. The number of benzene rings is 1. The van der Waals surface area contributed by atoms with Crippen LogP contribution in [0.25, 0.3) is 0 Å². The molecule has 0 aliphatic carbocycles. The number of rotatable bonds is 2. The summed E-state index contributed by atoms with van der Waals surface area (Å²) >= 11 is 0. The monoisotopic (exact) mass is 235 g/mol. The van der Waals surface area contributed by atoms with Gasteiger partial charge in [-0.2, -0.15) is 0 Å². The number of cyclic esters (lactones) is 1. The Morgan fingerprint density at radius 1 is 1.47 bits per heavy atom. The molecule has 1 saturated heterocycles. The lowest BCUT2D eigenvalue weighted by Gasteiger charge is -2.34. The van der Waals surface area contributed by atoms with Gasteiger partial charge < -0.3 is 15.2 Å². The van der Waals surface area contributed by atoms with Crippen molar-refractivity contribution in [2.45, 2.75) is 12.3 Å². The molecule has 17 heavy (non-hydrogen) atoms. The summed E-state index contributed by atoms with van der Waals surface area (Å²) in [4.78, 5) is 22.1. The fourth-order valence-electron chi connectivity index (χ4n) is 1.96. The molecule has 2 rings (SSSR count). The van der Waals surface area contributed by atoms with E-state index >= 15 is 0 Å². The topological polar surface area (TPSA) is 75.6 Å². The molecule has 1 aromatic carbocycles. The molecule has 90 valence electrons. The molecule has 0 saturated carbocycles. The first-order valence-corrected chi connectivity index (χ1v) is 5.26. The minimum atomic E-state index is -0.973. The van der Waals surface area contributed by atoms with Crippen LogP contribution in [0.5, 0.6) is 0 Å². The van der Waals surface area contributed by atoms with Crippen molar-refractivity contribution in [2.75, 3.05) is 13.2 Å². The summed E-state index contributed by atoms with van der Waals surface area (Å²) in [6.45, 7) is 2.42. The number of hydrogen-bond donors (Lipinski definition) is 2. The smallest absolute Gasteiger partial charge is 0.407 e. The molecule has 1 unspecified atom stereocenters. The second-order valence-electron chi connectivity index (χ2n) is 4.34. The first kappa shape index (κ1) is 11.4. The second-order valence-corrected chi connectivity index (χ2v) is 4.34. The Balaban J connectivity index is 2.39. The van der Waals surface area contributed by atoms with Crippen LogP contribution < -0.4 is 5.32 Å². The summed E-state index contributed by atoms with van der Waals surface area (Å²) in [6, 6.07) is 6.77. The van der Waals surface area contributed by atoms with Gasteiger partial charge in [-0.25, -0.2) is 9.59 Å². The molecule has 1 aliphatic heterocycles. The molecule has 5 nitrogen and oxygen atoms in total. The number of amides is 1. The molecule has 1 heterocycles. The fraction of sp³-hybridized carbons (Fsp3) is 0.333. The van der Waals surface area contributed by atoms with E-state index in [-0.39, 0.29) is 12.2 Å². The minimum absolute atomic E-state index is 0.184. The SMILES string of the molecule is CC1(c2ccccc2C(=O)O)CNC(=O)OC1. The van der Waals surface area contributed by atoms with Crippen molar-refractivity contribution < 1.29 is 19.4 Å². The number of hydrogen-bond acceptors (Lipinski definition) is 3. The molecule has 5 heteroatoms.